The normalized spacial score (nSPS) is 14.8. The van der Waals surface area contributed by atoms with Gasteiger partial charge in [0, 0.05) is 24.5 Å². The molecule has 0 aliphatic heterocycles. The van der Waals surface area contributed by atoms with Gasteiger partial charge in [-0.1, -0.05) is 12.1 Å². The van der Waals surface area contributed by atoms with E-state index in [9.17, 15) is 4.79 Å². The van der Waals surface area contributed by atoms with E-state index in [1.165, 1.54) is 19.3 Å². The first-order chi connectivity index (χ1) is 9.74. The van der Waals surface area contributed by atoms with E-state index < -0.39 is 0 Å². The van der Waals surface area contributed by atoms with Gasteiger partial charge in [-0.2, -0.15) is 0 Å². The topological polar surface area (TPSA) is 60.0 Å². The molecular formula is C16H19N3O. The summed E-state index contributed by atoms with van der Waals surface area (Å²) in [7, 11) is 0. The summed E-state index contributed by atoms with van der Waals surface area (Å²) in [4.78, 5) is 12.3. The lowest BCUT2D eigenvalue weighted by atomic mass is 9.93. The summed E-state index contributed by atoms with van der Waals surface area (Å²) in [6.45, 7) is 0.523. The Labute approximate surface area is 118 Å². The van der Waals surface area contributed by atoms with Crippen LogP contribution in [-0.2, 0) is 6.54 Å². The lowest BCUT2D eigenvalue weighted by Crippen LogP contribution is -2.28. The van der Waals surface area contributed by atoms with Crippen LogP contribution in [0.3, 0.4) is 0 Å². The molecule has 1 amide bonds. The number of nitrogens with one attached hydrogen (secondary N) is 1. The highest BCUT2D eigenvalue weighted by Gasteiger charge is 2.22. The zero-order valence-corrected chi connectivity index (χ0v) is 11.4. The molecule has 0 unspecified atom stereocenters. The summed E-state index contributed by atoms with van der Waals surface area (Å²) in [5, 5.41) is 2.96. The molecule has 4 nitrogen and oxygen atoms in total. The molecule has 0 spiro atoms. The van der Waals surface area contributed by atoms with Crippen molar-refractivity contribution in [3.8, 4) is 0 Å². The molecule has 2 aromatic rings. The van der Waals surface area contributed by atoms with Crippen LogP contribution in [0.25, 0.3) is 0 Å². The van der Waals surface area contributed by atoms with Crippen LogP contribution >= 0.6 is 0 Å². The van der Waals surface area contributed by atoms with E-state index in [2.05, 4.69) is 9.88 Å². The second kappa shape index (κ2) is 5.41. The lowest BCUT2D eigenvalue weighted by molar-refractivity contribution is 0.0936. The highest BCUT2D eigenvalue weighted by molar-refractivity contribution is 5.92. The monoisotopic (exact) mass is 269 g/mol. The fourth-order valence-corrected chi connectivity index (χ4v) is 2.48. The summed E-state index contributed by atoms with van der Waals surface area (Å²) < 4.78 is 2.10. The molecule has 1 fully saturated rings. The Hall–Kier alpha value is -2.23. The van der Waals surface area contributed by atoms with Gasteiger partial charge >= 0.3 is 0 Å². The number of nitrogens with zero attached hydrogens (tertiary/aromatic N) is 1. The molecule has 0 atom stereocenters. The van der Waals surface area contributed by atoms with Crippen molar-refractivity contribution in [1.29, 1.82) is 0 Å². The van der Waals surface area contributed by atoms with E-state index >= 15 is 0 Å². The molecule has 3 rings (SSSR count). The van der Waals surface area contributed by atoms with E-state index in [-0.39, 0.29) is 5.91 Å². The molecular weight excluding hydrogens is 250 g/mol. The van der Waals surface area contributed by atoms with E-state index in [0.29, 0.717) is 12.6 Å². The van der Waals surface area contributed by atoms with Crippen molar-refractivity contribution in [2.24, 2.45) is 0 Å². The van der Waals surface area contributed by atoms with Gasteiger partial charge in [0.2, 0.25) is 0 Å². The Morgan fingerprint density at radius 3 is 2.65 bits per heavy atom. The smallest absolute Gasteiger partial charge is 0.268 e. The molecule has 4 heteroatoms. The summed E-state index contributed by atoms with van der Waals surface area (Å²) in [6.07, 6.45) is 5.61. The van der Waals surface area contributed by atoms with Crippen LogP contribution in [0, 0.1) is 0 Å². The first-order valence-electron chi connectivity index (χ1n) is 7.03. The molecule has 0 radical (unpaired) electrons. The number of hydrogen-bond donors (Lipinski definition) is 2. The molecule has 0 saturated heterocycles. The predicted molar refractivity (Wildman–Crippen MR) is 79.3 cm³/mol. The van der Waals surface area contributed by atoms with Crippen LogP contribution < -0.4 is 11.1 Å². The first kappa shape index (κ1) is 12.8. The molecule has 104 valence electrons. The summed E-state index contributed by atoms with van der Waals surface area (Å²) >= 11 is 0. The summed E-state index contributed by atoms with van der Waals surface area (Å²) in [5.41, 5.74) is 8.18. The zero-order chi connectivity index (χ0) is 13.9. The lowest BCUT2D eigenvalue weighted by Gasteiger charge is -2.28. The molecule has 0 bridgehead atoms. The molecule has 1 aliphatic carbocycles. The zero-order valence-electron chi connectivity index (χ0n) is 11.4. The van der Waals surface area contributed by atoms with Crippen LogP contribution in [0.1, 0.15) is 41.4 Å². The molecule has 20 heavy (non-hydrogen) atoms. The number of nitrogen functional groups attached to an aromatic ring is 1. The maximum absolute atomic E-state index is 12.3. The second-order valence-electron chi connectivity index (χ2n) is 5.31. The van der Waals surface area contributed by atoms with Crippen molar-refractivity contribution in [3.63, 3.8) is 0 Å². The third-order valence-electron chi connectivity index (χ3n) is 3.91. The van der Waals surface area contributed by atoms with Gasteiger partial charge < -0.3 is 15.6 Å². The number of carbonyl (C=O) groups excluding carboxylic acids is 1. The highest BCUT2D eigenvalue weighted by atomic mass is 16.1. The number of amides is 1. The fraction of sp³-hybridized carbons (Fsp3) is 0.312. The van der Waals surface area contributed by atoms with Crippen LogP contribution in [0.4, 0.5) is 5.69 Å². The summed E-state index contributed by atoms with van der Waals surface area (Å²) in [5.74, 6) is -0.0151. The molecule has 3 N–H and O–H groups in total. The van der Waals surface area contributed by atoms with Crippen LogP contribution in [0.15, 0.2) is 42.6 Å². The maximum Gasteiger partial charge on any atom is 0.268 e. The number of aromatic nitrogens is 1. The maximum atomic E-state index is 12.3. The minimum atomic E-state index is -0.0151. The van der Waals surface area contributed by atoms with Gasteiger partial charge in [-0.25, -0.2) is 0 Å². The quantitative estimate of drug-likeness (QED) is 0.838. The molecule has 1 heterocycles. The van der Waals surface area contributed by atoms with Crippen molar-refractivity contribution >= 4 is 11.6 Å². The van der Waals surface area contributed by atoms with Crippen LogP contribution in [-0.4, -0.2) is 10.5 Å². The van der Waals surface area contributed by atoms with Gasteiger partial charge in [0.25, 0.3) is 5.91 Å². The van der Waals surface area contributed by atoms with E-state index in [4.69, 9.17) is 5.73 Å². The van der Waals surface area contributed by atoms with Crippen molar-refractivity contribution < 1.29 is 4.79 Å². The van der Waals surface area contributed by atoms with Crippen molar-refractivity contribution in [3.05, 3.63) is 53.9 Å². The Morgan fingerprint density at radius 2 is 2.00 bits per heavy atom. The number of nitrogens with two attached hydrogens (primary N) is 1. The van der Waals surface area contributed by atoms with Gasteiger partial charge in [-0.3, -0.25) is 4.79 Å². The molecule has 1 aromatic carbocycles. The SMILES string of the molecule is Nc1ccc(CNC(=O)c2cccn2C2CCC2)cc1. The third-order valence-corrected chi connectivity index (χ3v) is 3.91. The molecule has 1 aromatic heterocycles. The third kappa shape index (κ3) is 2.54. The van der Waals surface area contributed by atoms with E-state index in [0.717, 1.165) is 16.9 Å². The van der Waals surface area contributed by atoms with E-state index in [1.54, 1.807) is 0 Å². The van der Waals surface area contributed by atoms with Gasteiger partial charge in [-0.05, 0) is 49.1 Å². The van der Waals surface area contributed by atoms with Crippen LogP contribution in [0.2, 0.25) is 0 Å². The Bertz CT molecular complexity index is 596. The molecule has 1 saturated carbocycles. The average Bonchev–Trinajstić information content (AvgIpc) is 2.85. The second-order valence-corrected chi connectivity index (χ2v) is 5.31. The van der Waals surface area contributed by atoms with Crippen LogP contribution in [0.5, 0.6) is 0 Å². The van der Waals surface area contributed by atoms with Crippen molar-refractivity contribution in [2.75, 3.05) is 5.73 Å². The summed E-state index contributed by atoms with van der Waals surface area (Å²) in [6, 6.07) is 11.9. The molecule has 1 aliphatic rings. The van der Waals surface area contributed by atoms with E-state index in [1.807, 2.05) is 42.6 Å². The number of benzene rings is 1. The van der Waals surface area contributed by atoms with Crippen molar-refractivity contribution in [1.82, 2.24) is 9.88 Å². The Balaban J connectivity index is 1.64. The minimum absolute atomic E-state index is 0.0151. The van der Waals surface area contributed by atoms with Gasteiger partial charge in [0.15, 0.2) is 0 Å². The van der Waals surface area contributed by atoms with Gasteiger partial charge in [0.1, 0.15) is 5.69 Å². The predicted octanol–water partition coefficient (Wildman–Crippen LogP) is 2.73. The number of anilines is 1. The highest BCUT2D eigenvalue weighted by Crippen LogP contribution is 2.32. The Kier molecular flexibility index (Phi) is 3.46. The first-order valence-corrected chi connectivity index (χ1v) is 7.03. The Morgan fingerprint density at radius 1 is 1.25 bits per heavy atom. The van der Waals surface area contributed by atoms with Gasteiger partial charge in [-0.15, -0.1) is 0 Å². The van der Waals surface area contributed by atoms with Crippen molar-refractivity contribution in [2.45, 2.75) is 31.8 Å². The standard InChI is InChI=1S/C16H19N3O/c17-13-8-6-12(7-9-13)11-18-16(20)15-5-2-10-19(15)14-3-1-4-14/h2,5-10,14H,1,3-4,11,17H2,(H,18,20). The average molecular weight is 269 g/mol. The van der Waals surface area contributed by atoms with Gasteiger partial charge in [0.05, 0.1) is 0 Å². The minimum Gasteiger partial charge on any atom is -0.399 e. The number of carbonyl (C=O) groups is 1. The number of hydrogen-bond acceptors (Lipinski definition) is 2. The number of rotatable bonds is 4. The fourth-order valence-electron chi connectivity index (χ4n) is 2.48. The largest absolute Gasteiger partial charge is 0.399 e.